The van der Waals surface area contributed by atoms with Gasteiger partial charge in [0, 0.05) is 6.92 Å². The number of benzene rings is 2. The van der Waals surface area contributed by atoms with Crippen molar-refractivity contribution in [2.75, 3.05) is 7.11 Å². The highest BCUT2D eigenvalue weighted by atomic mass is 16.8. The highest BCUT2D eigenvalue weighted by Crippen LogP contribution is 2.61. The van der Waals surface area contributed by atoms with Crippen LogP contribution in [0.4, 0.5) is 0 Å². The molecule has 0 bridgehead atoms. The third-order valence-electron chi connectivity index (χ3n) is 4.78. The maximum absolute atomic E-state index is 11.9. The average molecular weight is 322 g/mol. The van der Waals surface area contributed by atoms with E-state index in [9.17, 15) is 4.79 Å². The van der Waals surface area contributed by atoms with Gasteiger partial charge in [0.25, 0.3) is 0 Å². The number of hydrogen-bond donors (Lipinski definition) is 0. The fraction of sp³-hybridized carbons (Fsp3) is 0.250. The Hall–Kier alpha value is -2.59. The van der Waals surface area contributed by atoms with Crippen LogP contribution in [0.3, 0.4) is 0 Å². The number of hydrogen-bond acceptors (Lipinski definition) is 4. The number of methoxy groups -OCH3 is 1. The summed E-state index contributed by atoms with van der Waals surface area (Å²) in [5, 5.41) is 0. The molecule has 0 spiro atoms. The molecule has 4 nitrogen and oxygen atoms in total. The van der Waals surface area contributed by atoms with Crippen molar-refractivity contribution in [2.24, 2.45) is 5.92 Å². The molecule has 2 atom stereocenters. The van der Waals surface area contributed by atoms with E-state index in [1.807, 2.05) is 60.7 Å². The lowest BCUT2D eigenvalue weighted by Gasteiger charge is -2.61. The fourth-order valence-corrected chi connectivity index (χ4v) is 3.88. The maximum Gasteiger partial charge on any atom is 0.336 e. The molecule has 2 aromatic carbocycles. The Labute approximate surface area is 140 Å². The van der Waals surface area contributed by atoms with Crippen molar-refractivity contribution >= 4 is 5.97 Å². The van der Waals surface area contributed by atoms with Gasteiger partial charge in [0.2, 0.25) is 5.79 Å². The molecule has 0 aromatic heterocycles. The quantitative estimate of drug-likeness (QED) is 0.813. The molecule has 0 radical (unpaired) electrons. The SMILES string of the molecule is COC1=CC(=O)O[C@]2(C)OC(c3ccccc3)(c3ccccc3)[C@H]12. The zero-order valence-corrected chi connectivity index (χ0v) is 13.6. The van der Waals surface area contributed by atoms with Gasteiger partial charge in [-0.2, -0.15) is 0 Å². The highest BCUT2D eigenvalue weighted by Gasteiger charge is 2.70. The number of ether oxygens (including phenoxy) is 3. The summed E-state index contributed by atoms with van der Waals surface area (Å²) in [7, 11) is 1.57. The van der Waals surface area contributed by atoms with Crippen LogP contribution in [0.15, 0.2) is 72.5 Å². The van der Waals surface area contributed by atoms with Crippen molar-refractivity contribution in [3.63, 3.8) is 0 Å². The zero-order chi connectivity index (χ0) is 16.8. The first-order valence-electron chi connectivity index (χ1n) is 7.90. The van der Waals surface area contributed by atoms with Gasteiger partial charge in [-0.25, -0.2) is 4.79 Å². The first kappa shape index (κ1) is 15.0. The molecule has 0 aliphatic carbocycles. The predicted molar refractivity (Wildman–Crippen MR) is 87.8 cm³/mol. The van der Waals surface area contributed by atoms with Gasteiger partial charge in [-0.1, -0.05) is 60.7 Å². The van der Waals surface area contributed by atoms with Gasteiger partial charge < -0.3 is 14.2 Å². The van der Waals surface area contributed by atoms with E-state index in [4.69, 9.17) is 14.2 Å². The van der Waals surface area contributed by atoms with E-state index in [0.29, 0.717) is 5.76 Å². The second-order valence-electron chi connectivity index (χ2n) is 6.19. The molecule has 0 unspecified atom stereocenters. The van der Waals surface area contributed by atoms with E-state index in [-0.39, 0.29) is 5.92 Å². The van der Waals surface area contributed by atoms with E-state index in [1.165, 1.54) is 6.08 Å². The van der Waals surface area contributed by atoms with E-state index in [1.54, 1.807) is 14.0 Å². The number of carbonyl (C=O) groups excluding carboxylic acids is 1. The molecule has 2 aliphatic heterocycles. The molecule has 0 saturated carbocycles. The van der Waals surface area contributed by atoms with Crippen LogP contribution in [-0.2, 0) is 24.6 Å². The van der Waals surface area contributed by atoms with Crippen molar-refractivity contribution in [3.05, 3.63) is 83.6 Å². The van der Waals surface area contributed by atoms with Crippen molar-refractivity contribution in [3.8, 4) is 0 Å². The Balaban J connectivity index is 1.94. The maximum atomic E-state index is 11.9. The molecule has 2 aliphatic rings. The van der Waals surface area contributed by atoms with Crippen LogP contribution in [-0.4, -0.2) is 18.9 Å². The molecule has 0 N–H and O–H groups in total. The molecule has 2 heterocycles. The molecule has 1 saturated heterocycles. The Morgan fingerprint density at radius 3 is 2.00 bits per heavy atom. The molecule has 122 valence electrons. The van der Waals surface area contributed by atoms with E-state index in [0.717, 1.165) is 11.1 Å². The van der Waals surface area contributed by atoms with E-state index < -0.39 is 17.4 Å². The summed E-state index contributed by atoms with van der Waals surface area (Å²) in [6, 6.07) is 19.9. The van der Waals surface area contributed by atoms with Crippen LogP contribution in [0.25, 0.3) is 0 Å². The van der Waals surface area contributed by atoms with Crippen LogP contribution in [0, 0.1) is 5.92 Å². The summed E-state index contributed by atoms with van der Waals surface area (Å²) in [6.45, 7) is 1.78. The highest BCUT2D eigenvalue weighted by molar-refractivity contribution is 5.84. The average Bonchev–Trinajstić information content (AvgIpc) is 2.59. The third-order valence-corrected chi connectivity index (χ3v) is 4.78. The summed E-state index contributed by atoms with van der Waals surface area (Å²) in [4.78, 5) is 11.9. The van der Waals surface area contributed by atoms with Crippen LogP contribution >= 0.6 is 0 Å². The molecule has 0 amide bonds. The van der Waals surface area contributed by atoms with Gasteiger partial charge in [-0.15, -0.1) is 0 Å². The van der Waals surface area contributed by atoms with Gasteiger partial charge in [-0.3, -0.25) is 0 Å². The first-order valence-corrected chi connectivity index (χ1v) is 7.90. The number of carbonyl (C=O) groups is 1. The lowest BCUT2D eigenvalue weighted by atomic mass is 9.65. The van der Waals surface area contributed by atoms with Gasteiger partial charge in [0.05, 0.1) is 13.2 Å². The Morgan fingerprint density at radius 2 is 1.50 bits per heavy atom. The van der Waals surface area contributed by atoms with E-state index in [2.05, 4.69) is 0 Å². The molecule has 2 aromatic rings. The number of esters is 1. The third kappa shape index (κ3) is 1.93. The Bertz CT molecular complexity index is 757. The molecule has 4 heteroatoms. The topological polar surface area (TPSA) is 44.8 Å². The van der Waals surface area contributed by atoms with Crippen molar-refractivity contribution in [2.45, 2.75) is 18.3 Å². The second kappa shape index (κ2) is 5.21. The summed E-state index contributed by atoms with van der Waals surface area (Å²) in [5.41, 5.74) is 1.25. The second-order valence-corrected chi connectivity index (χ2v) is 6.19. The lowest BCUT2D eigenvalue weighted by Crippen LogP contribution is -2.69. The van der Waals surface area contributed by atoms with Crippen molar-refractivity contribution < 1.29 is 19.0 Å². The minimum Gasteiger partial charge on any atom is -0.500 e. The molecule has 1 fully saturated rings. The Kier molecular flexibility index (Phi) is 3.25. The minimum absolute atomic E-state index is 0.252. The largest absolute Gasteiger partial charge is 0.500 e. The number of rotatable bonds is 3. The number of fused-ring (bicyclic) bond motifs is 1. The standard InChI is InChI=1S/C20H18O4/c1-19-18(16(22-2)13-17(21)23-19)20(24-19,14-9-5-3-6-10-14)15-11-7-4-8-12-15/h3-13,18H,1-2H3/t18-,19-/m1/s1. The van der Waals surface area contributed by atoms with E-state index >= 15 is 0 Å². The molecular formula is C20H18O4. The summed E-state index contributed by atoms with van der Waals surface area (Å²) in [5.74, 6) is -1.16. The minimum atomic E-state index is -1.04. The van der Waals surface area contributed by atoms with Crippen LogP contribution < -0.4 is 0 Å². The monoisotopic (exact) mass is 322 g/mol. The fourth-order valence-electron chi connectivity index (χ4n) is 3.88. The summed E-state index contributed by atoms with van der Waals surface area (Å²) in [6.07, 6.45) is 1.41. The van der Waals surface area contributed by atoms with Crippen molar-refractivity contribution in [1.82, 2.24) is 0 Å². The summed E-state index contributed by atoms with van der Waals surface area (Å²) < 4.78 is 17.4. The molecule has 4 rings (SSSR count). The lowest BCUT2D eigenvalue weighted by molar-refractivity contribution is -0.395. The Morgan fingerprint density at radius 1 is 0.958 bits per heavy atom. The normalized spacial score (nSPS) is 27.3. The van der Waals surface area contributed by atoms with Gasteiger partial charge in [0.1, 0.15) is 17.3 Å². The van der Waals surface area contributed by atoms with Crippen molar-refractivity contribution in [1.29, 1.82) is 0 Å². The predicted octanol–water partition coefficient (Wildman–Crippen LogP) is 3.38. The van der Waals surface area contributed by atoms with Crippen LogP contribution in [0.1, 0.15) is 18.1 Å². The molecular weight excluding hydrogens is 304 g/mol. The summed E-state index contributed by atoms with van der Waals surface area (Å²) >= 11 is 0. The zero-order valence-electron chi connectivity index (χ0n) is 13.6. The van der Waals surface area contributed by atoms with Gasteiger partial charge in [0.15, 0.2) is 0 Å². The van der Waals surface area contributed by atoms with Gasteiger partial charge >= 0.3 is 5.97 Å². The van der Waals surface area contributed by atoms with Crippen LogP contribution in [0.5, 0.6) is 0 Å². The van der Waals surface area contributed by atoms with Crippen LogP contribution in [0.2, 0.25) is 0 Å². The smallest absolute Gasteiger partial charge is 0.336 e. The van der Waals surface area contributed by atoms with Gasteiger partial charge in [-0.05, 0) is 11.1 Å². The first-order chi connectivity index (χ1) is 11.6. The molecule has 24 heavy (non-hydrogen) atoms.